The second kappa shape index (κ2) is 6.29. The van der Waals surface area contributed by atoms with Crippen LogP contribution in [-0.4, -0.2) is 9.78 Å². The number of nitrogens with zero attached hydrogens (tertiary/aromatic N) is 2. The van der Waals surface area contributed by atoms with Crippen LogP contribution in [0.5, 0.6) is 0 Å². The average Bonchev–Trinajstić information content (AvgIpc) is 2.66. The van der Waals surface area contributed by atoms with Crippen LogP contribution in [0.1, 0.15) is 18.3 Å². The predicted molar refractivity (Wildman–Crippen MR) is 86.8 cm³/mol. The Balaban J connectivity index is 2.21. The van der Waals surface area contributed by atoms with Crippen LogP contribution in [0.15, 0.2) is 27.1 Å². The highest BCUT2D eigenvalue weighted by Gasteiger charge is 2.12. The number of aryl methyl sites for hydroxylation is 2. The summed E-state index contributed by atoms with van der Waals surface area (Å²) in [6, 6.07) is 5.69. The van der Waals surface area contributed by atoms with Gasteiger partial charge < -0.3 is 5.32 Å². The summed E-state index contributed by atoms with van der Waals surface area (Å²) in [5.41, 5.74) is 3.11. The summed E-state index contributed by atoms with van der Waals surface area (Å²) < 4.78 is 4.04. The standard InChI is InChI=1S/C13H14Br2ClN3/c1-3-19-12(13(15)8(2)18-19)7-17-11-6-9(16)4-5-10(11)14/h4-6,17H,3,7H2,1-2H3. The number of hydrogen-bond donors (Lipinski definition) is 1. The second-order valence-electron chi connectivity index (χ2n) is 4.14. The van der Waals surface area contributed by atoms with Gasteiger partial charge in [-0.2, -0.15) is 5.10 Å². The zero-order valence-electron chi connectivity index (χ0n) is 10.7. The normalized spacial score (nSPS) is 10.8. The molecular weight excluding hydrogens is 393 g/mol. The van der Waals surface area contributed by atoms with E-state index >= 15 is 0 Å². The molecule has 2 rings (SSSR count). The van der Waals surface area contributed by atoms with E-state index in [9.17, 15) is 0 Å². The van der Waals surface area contributed by atoms with E-state index in [1.54, 1.807) is 0 Å². The summed E-state index contributed by atoms with van der Waals surface area (Å²) in [6.07, 6.45) is 0. The molecule has 3 nitrogen and oxygen atoms in total. The molecule has 1 heterocycles. The molecule has 0 fully saturated rings. The minimum atomic E-state index is 0.689. The molecule has 0 amide bonds. The highest BCUT2D eigenvalue weighted by Crippen LogP contribution is 2.28. The Morgan fingerprint density at radius 3 is 2.79 bits per heavy atom. The van der Waals surface area contributed by atoms with Crippen LogP contribution in [-0.2, 0) is 13.1 Å². The van der Waals surface area contributed by atoms with Crippen molar-refractivity contribution in [1.29, 1.82) is 0 Å². The molecule has 0 radical (unpaired) electrons. The van der Waals surface area contributed by atoms with Crippen molar-refractivity contribution in [1.82, 2.24) is 9.78 Å². The first-order chi connectivity index (χ1) is 9.02. The molecule has 0 spiro atoms. The van der Waals surface area contributed by atoms with Gasteiger partial charge in [0.25, 0.3) is 0 Å². The predicted octanol–water partition coefficient (Wildman–Crippen LogP) is 5.00. The fourth-order valence-corrected chi connectivity index (χ4v) is 2.83. The molecule has 1 aromatic carbocycles. The van der Waals surface area contributed by atoms with Crippen LogP contribution in [0.2, 0.25) is 5.02 Å². The number of nitrogens with one attached hydrogen (secondary N) is 1. The van der Waals surface area contributed by atoms with E-state index in [1.165, 1.54) is 0 Å². The molecule has 19 heavy (non-hydrogen) atoms. The van der Waals surface area contributed by atoms with Crippen LogP contribution in [0.4, 0.5) is 5.69 Å². The molecule has 102 valence electrons. The van der Waals surface area contributed by atoms with E-state index in [0.717, 1.165) is 32.6 Å². The van der Waals surface area contributed by atoms with E-state index in [0.29, 0.717) is 11.6 Å². The molecule has 1 N–H and O–H groups in total. The fourth-order valence-electron chi connectivity index (χ4n) is 1.85. The molecule has 2 aromatic rings. The van der Waals surface area contributed by atoms with Crippen LogP contribution in [0.25, 0.3) is 0 Å². The average molecular weight is 408 g/mol. The number of rotatable bonds is 4. The second-order valence-corrected chi connectivity index (χ2v) is 6.22. The first-order valence-corrected chi connectivity index (χ1v) is 7.90. The lowest BCUT2D eigenvalue weighted by atomic mass is 10.3. The van der Waals surface area contributed by atoms with Crippen molar-refractivity contribution < 1.29 is 0 Å². The van der Waals surface area contributed by atoms with Crippen molar-refractivity contribution >= 4 is 49.1 Å². The van der Waals surface area contributed by atoms with Crippen molar-refractivity contribution in [2.24, 2.45) is 0 Å². The summed E-state index contributed by atoms with van der Waals surface area (Å²) in [6.45, 7) is 5.61. The number of hydrogen-bond acceptors (Lipinski definition) is 2. The van der Waals surface area contributed by atoms with Crippen LogP contribution < -0.4 is 5.32 Å². The number of aromatic nitrogens is 2. The van der Waals surface area contributed by atoms with E-state index in [1.807, 2.05) is 29.8 Å². The molecule has 0 saturated heterocycles. The summed E-state index contributed by atoms with van der Waals surface area (Å²) in [5.74, 6) is 0. The first kappa shape index (κ1) is 14.9. The van der Waals surface area contributed by atoms with Gasteiger partial charge in [-0.3, -0.25) is 4.68 Å². The Kier molecular flexibility index (Phi) is 4.92. The third kappa shape index (κ3) is 3.33. The summed E-state index contributed by atoms with van der Waals surface area (Å²) in [5, 5.41) is 8.56. The van der Waals surface area contributed by atoms with Crippen LogP contribution in [0, 0.1) is 6.92 Å². The van der Waals surface area contributed by atoms with Gasteiger partial charge in [0.15, 0.2) is 0 Å². The molecule has 1 aromatic heterocycles. The third-order valence-corrected chi connectivity index (χ3v) is 4.79. The van der Waals surface area contributed by atoms with E-state index < -0.39 is 0 Å². The lowest BCUT2D eigenvalue weighted by molar-refractivity contribution is 0.622. The molecule has 0 aliphatic carbocycles. The summed E-state index contributed by atoms with van der Waals surface area (Å²) >= 11 is 13.1. The zero-order chi connectivity index (χ0) is 14.0. The molecule has 0 bridgehead atoms. The number of benzene rings is 1. The van der Waals surface area contributed by atoms with Gasteiger partial charge in [0.05, 0.1) is 28.1 Å². The number of halogens is 3. The molecule has 0 atom stereocenters. The first-order valence-electron chi connectivity index (χ1n) is 5.93. The molecular formula is C13H14Br2ClN3. The maximum absolute atomic E-state index is 6.00. The Labute approximate surface area is 134 Å². The van der Waals surface area contributed by atoms with E-state index in [-0.39, 0.29) is 0 Å². The van der Waals surface area contributed by atoms with Crippen molar-refractivity contribution in [2.75, 3.05) is 5.32 Å². The van der Waals surface area contributed by atoms with E-state index in [2.05, 4.69) is 49.2 Å². The Morgan fingerprint density at radius 1 is 1.37 bits per heavy atom. The minimum Gasteiger partial charge on any atom is -0.378 e. The minimum absolute atomic E-state index is 0.689. The smallest absolute Gasteiger partial charge is 0.0739 e. The largest absolute Gasteiger partial charge is 0.378 e. The number of anilines is 1. The van der Waals surface area contributed by atoms with Crippen molar-refractivity contribution in [3.8, 4) is 0 Å². The summed E-state index contributed by atoms with van der Waals surface area (Å²) in [7, 11) is 0. The fraction of sp³-hybridized carbons (Fsp3) is 0.308. The Bertz CT molecular complexity index is 596. The van der Waals surface area contributed by atoms with Gasteiger partial charge in [0.2, 0.25) is 0 Å². The van der Waals surface area contributed by atoms with Crippen molar-refractivity contribution in [3.63, 3.8) is 0 Å². The highest BCUT2D eigenvalue weighted by molar-refractivity contribution is 9.11. The van der Waals surface area contributed by atoms with Gasteiger partial charge in [-0.1, -0.05) is 11.6 Å². The molecule has 0 saturated carbocycles. The molecule has 0 unspecified atom stereocenters. The Morgan fingerprint density at radius 2 is 2.11 bits per heavy atom. The van der Waals surface area contributed by atoms with Crippen LogP contribution in [0.3, 0.4) is 0 Å². The third-order valence-electron chi connectivity index (χ3n) is 2.83. The van der Waals surface area contributed by atoms with Gasteiger partial charge in [0, 0.05) is 16.0 Å². The lowest BCUT2D eigenvalue weighted by Gasteiger charge is -2.10. The molecule has 6 heteroatoms. The van der Waals surface area contributed by atoms with Gasteiger partial charge in [-0.05, 0) is 63.9 Å². The summed E-state index contributed by atoms with van der Waals surface area (Å²) in [4.78, 5) is 0. The maximum atomic E-state index is 6.00. The highest BCUT2D eigenvalue weighted by atomic mass is 79.9. The van der Waals surface area contributed by atoms with Crippen molar-refractivity contribution in [2.45, 2.75) is 26.9 Å². The van der Waals surface area contributed by atoms with Gasteiger partial charge >= 0.3 is 0 Å². The maximum Gasteiger partial charge on any atom is 0.0739 e. The lowest BCUT2D eigenvalue weighted by Crippen LogP contribution is -2.08. The topological polar surface area (TPSA) is 29.9 Å². The van der Waals surface area contributed by atoms with Gasteiger partial charge in [-0.25, -0.2) is 0 Å². The molecule has 0 aliphatic rings. The van der Waals surface area contributed by atoms with Gasteiger partial charge in [-0.15, -0.1) is 0 Å². The van der Waals surface area contributed by atoms with Gasteiger partial charge in [0.1, 0.15) is 0 Å². The monoisotopic (exact) mass is 405 g/mol. The quantitative estimate of drug-likeness (QED) is 0.773. The van der Waals surface area contributed by atoms with E-state index in [4.69, 9.17) is 11.6 Å². The van der Waals surface area contributed by atoms with Crippen LogP contribution >= 0.6 is 43.5 Å². The Hall–Kier alpha value is -0.520. The molecule has 0 aliphatic heterocycles. The SMILES string of the molecule is CCn1nc(C)c(Br)c1CNc1cc(Cl)ccc1Br. The zero-order valence-corrected chi connectivity index (χ0v) is 14.6. The van der Waals surface area contributed by atoms with Crippen molar-refractivity contribution in [3.05, 3.63) is 43.6 Å².